The van der Waals surface area contributed by atoms with Crippen LogP contribution in [0.2, 0.25) is 0 Å². The Morgan fingerprint density at radius 2 is 1.51 bits per heavy atom. The Kier molecular flexibility index (Phi) is 8.80. The van der Waals surface area contributed by atoms with E-state index in [1.54, 1.807) is 46.2 Å². The molecule has 2 fully saturated rings. The molecule has 1 unspecified atom stereocenters. The molecule has 0 radical (unpaired) electrons. The Hall–Kier alpha value is -4.66. The average molecular weight is 583 g/mol. The summed E-state index contributed by atoms with van der Waals surface area (Å²) in [6.07, 6.45) is 0.930. The highest BCUT2D eigenvalue weighted by Crippen LogP contribution is 2.32. The number of amides is 3. The summed E-state index contributed by atoms with van der Waals surface area (Å²) < 4.78 is 5.83. The molecular formula is C34H38N4O5. The van der Waals surface area contributed by atoms with E-state index >= 15 is 0 Å². The number of nitrogens with one attached hydrogen (secondary N) is 1. The van der Waals surface area contributed by atoms with E-state index in [1.165, 1.54) is 0 Å². The third-order valence-corrected chi connectivity index (χ3v) is 8.00. The maximum absolute atomic E-state index is 13.8. The standard InChI is InChI=1S/C34H38N4O5/c1-22(2)20-28(35-32(40)23-10-14-25(15-11-23)36(3)4)34(42)37-19-18-29-31(37)30(39)21-38(29)33(41)24-12-16-27(17-13-24)43-26-8-6-5-7-9-26/h5-17,22,28-29,31H,18-21H2,1-4H3,(H,35,40)/t28-,29?,31-/m0/s1. The first-order valence-electron chi connectivity index (χ1n) is 14.7. The fourth-order valence-electron chi connectivity index (χ4n) is 5.84. The van der Waals surface area contributed by atoms with Gasteiger partial charge in [-0.15, -0.1) is 0 Å². The van der Waals surface area contributed by atoms with E-state index in [0.717, 1.165) is 5.69 Å². The second kappa shape index (κ2) is 12.7. The van der Waals surface area contributed by atoms with Crippen LogP contribution in [0.15, 0.2) is 78.9 Å². The molecule has 0 aromatic heterocycles. The summed E-state index contributed by atoms with van der Waals surface area (Å²) in [6, 6.07) is 21.5. The van der Waals surface area contributed by atoms with Crippen molar-refractivity contribution in [3.63, 3.8) is 0 Å². The van der Waals surface area contributed by atoms with E-state index < -0.39 is 18.1 Å². The summed E-state index contributed by atoms with van der Waals surface area (Å²) in [5.74, 6) is 0.382. The summed E-state index contributed by atoms with van der Waals surface area (Å²) in [4.78, 5) is 58.8. The number of carbonyl (C=O) groups excluding carboxylic acids is 4. The van der Waals surface area contributed by atoms with Crippen molar-refractivity contribution in [2.24, 2.45) is 5.92 Å². The third-order valence-electron chi connectivity index (χ3n) is 8.00. The number of hydrogen-bond acceptors (Lipinski definition) is 6. The van der Waals surface area contributed by atoms with E-state index in [1.807, 2.05) is 75.3 Å². The molecule has 9 heteroatoms. The molecule has 224 valence electrons. The van der Waals surface area contributed by atoms with Gasteiger partial charge in [-0.25, -0.2) is 0 Å². The molecule has 3 aromatic carbocycles. The number of anilines is 1. The molecule has 0 saturated carbocycles. The minimum Gasteiger partial charge on any atom is -0.457 e. The predicted molar refractivity (Wildman–Crippen MR) is 164 cm³/mol. The lowest BCUT2D eigenvalue weighted by Crippen LogP contribution is -2.53. The zero-order valence-corrected chi connectivity index (χ0v) is 25.0. The van der Waals surface area contributed by atoms with Gasteiger partial charge in [-0.2, -0.15) is 0 Å². The van der Waals surface area contributed by atoms with Crippen molar-refractivity contribution in [3.05, 3.63) is 90.0 Å². The fraction of sp³-hybridized carbons (Fsp3) is 0.353. The normalized spacial score (nSPS) is 18.4. The number of likely N-dealkylation sites (tertiary alicyclic amines) is 2. The number of Topliss-reactive ketones (excluding diaryl/α,β-unsaturated/α-hetero) is 1. The van der Waals surface area contributed by atoms with E-state index in [0.29, 0.717) is 42.0 Å². The van der Waals surface area contributed by atoms with Gasteiger partial charge in [-0.3, -0.25) is 19.2 Å². The molecule has 2 aliphatic rings. The second-order valence-electron chi connectivity index (χ2n) is 11.8. The fourth-order valence-corrected chi connectivity index (χ4v) is 5.84. The van der Waals surface area contributed by atoms with Crippen molar-refractivity contribution in [1.29, 1.82) is 0 Å². The summed E-state index contributed by atoms with van der Waals surface area (Å²) in [6.45, 7) is 4.26. The molecule has 3 amide bonds. The number of nitrogens with zero attached hydrogens (tertiary/aromatic N) is 3. The minimum atomic E-state index is -0.783. The van der Waals surface area contributed by atoms with E-state index in [-0.39, 0.29) is 36.0 Å². The van der Waals surface area contributed by atoms with Crippen molar-refractivity contribution in [1.82, 2.24) is 15.1 Å². The Bertz CT molecular complexity index is 1470. The predicted octanol–water partition coefficient (Wildman–Crippen LogP) is 4.38. The molecule has 43 heavy (non-hydrogen) atoms. The van der Waals surface area contributed by atoms with Crippen molar-refractivity contribution < 1.29 is 23.9 Å². The second-order valence-corrected chi connectivity index (χ2v) is 11.8. The van der Waals surface area contributed by atoms with Crippen LogP contribution in [0.1, 0.15) is 47.4 Å². The zero-order chi connectivity index (χ0) is 30.7. The molecule has 3 aromatic rings. The van der Waals surface area contributed by atoms with Crippen LogP contribution in [0.4, 0.5) is 5.69 Å². The number of hydrogen-bond donors (Lipinski definition) is 1. The highest BCUT2D eigenvalue weighted by molar-refractivity contribution is 6.03. The van der Waals surface area contributed by atoms with Gasteiger partial charge in [-0.05, 0) is 79.4 Å². The smallest absolute Gasteiger partial charge is 0.254 e. The third kappa shape index (κ3) is 6.56. The Labute approximate surface area is 252 Å². The van der Waals surface area contributed by atoms with Crippen molar-refractivity contribution in [2.75, 3.05) is 32.1 Å². The summed E-state index contributed by atoms with van der Waals surface area (Å²) in [5.41, 5.74) is 1.87. The van der Waals surface area contributed by atoms with Gasteiger partial charge in [0.1, 0.15) is 23.6 Å². The maximum Gasteiger partial charge on any atom is 0.254 e. The molecule has 0 spiro atoms. The van der Waals surface area contributed by atoms with Gasteiger partial charge < -0.3 is 24.8 Å². The molecule has 0 aliphatic carbocycles. The Morgan fingerprint density at radius 1 is 0.884 bits per heavy atom. The number of rotatable bonds is 9. The Balaban J connectivity index is 1.27. The van der Waals surface area contributed by atoms with Crippen LogP contribution < -0.4 is 15.0 Å². The molecule has 2 heterocycles. The molecular weight excluding hydrogens is 544 g/mol. The van der Waals surface area contributed by atoms with Crippen LogP contribution in [0.5, 0.6) is 11.5 Å². The maximum atomic E-state index is 13.8. The largest absolute Gasteiger partial charge is 0.457 e. The van der Waals surface area contributed by atoms with E-state index in [9.17, 15) is 19.2 Å². The highest BCUT2D eigenvalue weighted by Gasteiger charge is 2.52. The zero-order valence-electron chi connectivity index (χ0n) is 25.0. The van der Waals surface area contributed by atoms with Gasteiger partial charge in [0.2, 0.25) is 5.91 Å². The highest BCUT2D eigenvalue weighted by atomic mass is 16.5. The monoisotopic (exact) mass is 582 g/mol. The molecule has 0 bridgehead atoms. The topological polar surface area (TPSA) is 99.3 Å². The number of para-hydroxylation sites is 1. The van der Waals surface area contributed by atoms with Gasteiger partial charge in [-0.1, -0.05) is 32.0 Å². The molecule has 9 nitrogen and oxygen atoms in total. The Morgan fingerprint density at radius 3 is 2.14 bits per heavy atom. The summed E-state index contributed by atoms with van der Waals surface area (Å²) in [7, 11) is 3.85. The lowest BCUT2D eigenvalue weighted by Gasteiger charge is -2.29. The van der Waals surface area contributed by atoms with Crippen LogP contribution >= 0.6 is 0 Å². The van der Waals surface area contributed by atoms with Crippen molar-refractivity contribution in [3.8, 4) is 11.5 Å². The molecule has 2 saturated heterocycles. The minimum absolute atomic E-state index is 0.0559. The average Bonchev–Trinajstić information content (AvgIpc) is 3.58. The quantitative estimate of drug-likeness (QED) is 0.402. The lowest BCUT2D eigenvalue weighted by molar-refractivity contribution is -0.138. The van der Waals surface area contributed by atoms with Gasteiger partial charge in [0.25, 0.3) is 11.8 Å². The van der Waals surface area contributed by atoms with Crippen LogP contribution in [0.25, 0.3) is 0 Å². The number of ether oxygens (including phenoxy) is 1. The van der Waals surface area contributed by atoms with Crippen LogP contribution in [0, 0.1) is 5.92 Å². The summed E-state index contributed by atoms with van der Waals surface area (Å²) >= 11 is 0. The van der Waals surface area contributed by atoms with Crippen molar-refractivity contribution >= 4 is 29.2 Å². The molecule has 2 aliphatic heterocycles. The van der Waals surface area contributed by atoms with Gasteiger partial charge in [0, 0.05) is 37.5 Å². The van der Waals surface area contributed by atoms with E-state index in [2.05, 4.69) is 5.32 Å². The molecule has 1 N–H and O–H groups in total. The van der Waals surface area contributed by atoms with E-state index in [4.69, 9.17) is 4.74 Å². The lowest BCUT2D eigenvalue weighted by atomic mass is 10.0. The van der Waals surface area contributed by atoms with Gasteiger partial charge in [0.05, 0.1) is 12.6 Å². The van der Waals surface area contributed by atoms with Crippen molar-refractivity contribution in [2.45, 2.75) is 44.8 Å². The van der Waals surface area contributed by atoms with Crippen LogP contribution in [-0.2, 0) is 9.59 Å². The first kappa shape index (κ1) is 29.8. The van der Waals surface area contributed by atoms with Gasteiger partial charge in [0.15, 0.2) is 5.78 Å². The molecule has 5 rings (SSSR count). The summed E-state index contributed by atoms with van der Waals surface area (Å²) in [5, 5.41) is 2.92. The SMILES string of the molecule is CC(C)C[C@H](NC(=O)c1ccc(N(C)C)cc1)C(=O)N1CCC2[C@H]1C(=O)CN2C(=O)c1ccc(Oc2ccccc2)cc1. The molecule has 3 atom stereocenters. The number of fused-ring (bicyclic) bond motifs is 1. The first-order valence-corrected chi connectivity index (χ1v) is 14.7. The van der Waals surface area contributed by atoms with Crippen LogP contribution in [0.3, 0.4) is 0 Å². The number of carbonyl (C=O) groups is 4. The number of ketones is 1. The number of benzene rings is 3. The van der Waals surface area contributed by atoms with Crippen LogP contribution in [-0.4, -0.2) is 78.6 Å². The van der Waals surface area contributed by atoms with Gasteiger partial charge >= 0.3 is 0 Å². The first-order chi connectivity index (χ1) is 20.6.